The standard InChI is InChI=1S/C21H27N5O7S2/c1-5-10(2)11(3)19(29)32-9-33-20(30)13-6-7-34-18-15(17(28)26(13)18)24-16(27)14(25-31-4)12-8-35-21(22)23-12/h6,8,10-11,15,18H,5,7,9H2,1-4H3,(H2,22,23)(H,24,27)/t10?,11?,15?,18-/m0/s1. The lowest BCUT2D eigenvalue weighted by Crippen LogP contribution is -2.70. The Morgan fingerprint density at radius 1 is 1.34 bits per heavy atom. The number of rotatable bonds is 10. The van der Waals surface area contributed by atoms with Crippen molar-refractivity contribution in [3.05, 3.63) is 22.8 Å². The van der Waals surface area contributed by atoms with Gasteiger partial charge in [0.1, 0.15) is 29.9 Å². The fourth-order valence-corrected chi connectivity index (χ4v) is 5.11. The normalized spacial score (nSPS) is 21.1. The Morgan fingerprint density at radius 3 is 2.71 bits per heavy atom. The van der Waals surface area contributed by atoms with Gasteiger partial charge in [-0.25, -0.2) is 9.78 Å². The maximum Gasteiger partial charge on any atom is 0.357 e. The van der Waals surface area contributed by atoms with E-state index < -0.39 is 42.0 Å². The fraction of sp³-hybridized carbons (Fsp3) is 0.524. The van der Waals surface area contributed by atoms with E-state index in [4.69, 9.17) is 20.0 Å². The van der Waals surface area contributed by atoms with Crippen molar-refractivity contribution in [3.8, 4) is 0 Å². The van der Waals surface area contributed by atoms with Crippen LogP contribution in [0.15, 0.2) is 22.3 Å². The molecular weight excluding hydrogens is 498 g/mol. The first kappa shape index (κ1) is 26.5. The third-order valence-electron chi connectivity index (χ3n) is 5.76. The number of ether oxygens (including phenoxy) is 2. The molecule has 1 aromatic rings. The Bertz CT molecular complexity index is 1060. The van der Waals surface area contributed by atoms with E-state index in [1.165, 1.54) is 23.8 Å². The average Bonchev–Trinajstić information content (AvgIpc) is 3.29. The number of oxime groups is 1. The van der Waals surface area contributed by atoms with Crippen molar-refractivity contribution in [2.45, 2.75) is 38.6 Å². The Kier molecular flexibility index (Phi) is 8.72. The van der Waals surface area contributed by atoms with Crippen molar-refractivity contribution in [2.75, 3.05) is 25.4 Å². The number of nitrogens with zero attached hydrogens (tertiary/aromatic N) is 3. The van der Waals surface area contributed by atoms with E-state index in [1.807, 2.05) is 13.8 Å². The Balaban J connectivity index is 1.58. The highest BCUT2D eigenvalue weighted by Gasteiger charge is 2.53. The number of amides is 2. The quantitative estimate of drug-likeness (QED) is 0.149. The minimum atomic E-state index is -0.892. The molecule has 12 nitrogen and oxygen atoms in total. The lowest BCUT2D eigenvalue weighted by molar-refractivity contribution is -0.171. The highest BCUT2D eigenvalue weighted by atomic mass is 32.2. The van der Waals surface area contributed by atoms with Crippen LogP contribution in [0.2, 0.25) is 0 Å². The van der Waals surface area contributed by atoms with E-state index in [2.05, 4.69) is 15.5 Å². The lowest BCUT2D eigenvalue weighted by Gasteiger charge is -2.48. The van der Waals surface area contributed by atoms with E-state index >= 15 is 0 Å². The van der Waals surface area contributed by atoms with Crippen LogP contribution in [0.3, 0.4) is 0 Å². The number of β-lactam (4-membered cyclic amide) rings is 1. The third kappa shape index (κ3) is 5.75. The molecular formula is C21H27N5O7S2. The summed E-state index contributed by atoms with van der Waals surface area (Å²) in [6, 6.07) is -0.892. The Morgan fingerprint density at radius 2 is 2.09 bits per heavy atom. The van der Waals surface area contributed by atoms with Gasteiger partial charge in [-0.05, 0) is 12.0 Å². The van der Waals surface area contributed by atoms with E-state index in [1.54, 1.807) is 18.4 Å². The summed E-state index contributed by atoms with van der Waals surface area (Å²) < 4.78 is 10.1. The summed E-state index contributed by atoms with van der Waals surface area (Å²) in [4.78, 5) is 60.2. The molecule has 0 radical (unpaired) electrons. The predicted molar refractivity (Wildman–Crippen MR) is 129 cm³/mol. The van der Waals surface area contributed by atoms with Gasteiger partial charge in [0.05, 0.1) is 5.92 Å². The number of fused-ring (bicyclic) bond motifs is 1. The number of esters is 2. The Hall–Kier alpha value is -3.13. The molecule has 0 spiro atoms. The minimum Gasteiger partial charge on any atom is -0.428 e. The Labute approximate surface area is 210 Å². The number of nitrogens with two attached hydrogens (primary N) is 1. The summed E-state index contributed by atoms with van der Waals surface area (Å²) in [6.45, 7) is 5.11. The van der Waals surface area contributed by atoms with Gasteiger partial charge in [0.2, 0.25) is 6.79 Å². The lowest BCUT2D eigenvalue weighted by atomic mass is 9.94. The number of hydrogen-bond acceptors (Lipinski definition) is 12. The molecule has 4 atom stereocenters. The van der Waals surface area contributed by atoms with Gasteiger partial charge >= 0.3 is 11.9 Å². The summed E-state index contributed by atoms with van der Waals surface area (Å²) >= 11 is 2.50. The monoisotopic (exact) mass is 525 g/mol. The molecule has 3 rings (SSSR count). The van der Waals surface area contributed by atoms with Crippen LogP contribution >= 0.6 is 23.1 Å². The van der Waals surface area contributed by atoms with Gasteiger partial charge in [0.25, 0.3) is 11.8 Å². The van der Waals surface area contributed by atoms with Crippen molar-refractivity contribution in [2.24, 2.45) is 17.0 Å². The number of carbonyl (C=O) groups is 4. The first-order valence-corrected chi connectivity index (χ1v) is 12.7. The molecule has 14 heteroatoms. The number of hydrogen-bond donors (Lipinski definition) is 2. The van der Waals surface area contributed by atoms with E-state index in [0.29, 0.717) is 5.75 Å². The minimum absolute atomic E-state index is 0.0355. The topological polar surface area (TPSA) is 163 Å². The van der Waals surface area contributed by atoms with Crippen LogP contribution in [-0.4, -0.2) is 70.4 Å². The molecule has 0 aromatic carbocycles. The molecule has 0 saturated carbocycles. The van der Waals surface area contributed by atoms with Crippen LogP contribution < -0.4 is 11.1 Å². The molecule has 1 saturated heterocycles. The summed E-state index contributed by atoms with van der Waals surface area (Å²) in [5.41, 5.74) is 5.75. The number of nitrogen functional groups attached to an aromatic ring is 1. The number of thioether (sulfide) groups is 1. The van der Waals surface area contributed by atoms with Crippen LogP contribution in [0.5, 0.6) is 0 Å². The second-order valence-electron chi connectivity index (χ2n) is 7.85. The van der Waals surface area contributed by atoms with E-state index in [9.17, 15) is 19.2 Å². The van der Waals surface area contributed by atoms with Gasteiger partial charge in [0, 0.05) is 11.1 Å². The molecule has 1 aromatic heterocycles. The summed E-state index contributed by atoms with van der Waals surface area (Å²) in [7, 11) is 1.28. The van der Waals surface area contributed by atoms with Gasteiger partial charge in [-0.3, -0.25) is 19.3 Å². The maximum atomic E-state index is 12.8. The molecule has 2 aliphatic heterocycles. The third-order valence-corrected chi connectivity index (χ3v) is 7.62. The van der Waals surface area contributed by atoms with Crippen molar-refractivity contribution in [1.82, 2.24) is 15.2 Å². The zero-order valence-electron chi connectivity index (χ0n) is 19.7. The van der Waals surface area contributed by atoms with Crippen molar-refractivity contribution in [1.29, 1.82) is 0 Å². The highest BCUT2D eigenvalue weighted by Crippen LogP contribution is 2.37. The molecule has 0 aliphatic carbocycles. The number of thiazole rings is 1. The van der Waals surface area contributed by atoms with Gasteiger partial charge in [-0.2, -0.15) is 0 Å². The molecule has 0 bridgehead atoms. The SMILES string of the molecule is CCC(C)C(C)C(=O)OCOC(=O)C1=CCS[C@H]2C(NC(=O)C(=NOC)c3csc(N)n3)C(=O)N12. The van der Waals surface area contributed by atoms with Gasteiger partial charge in [-0.15, -0.1) is 23.1 Å². The van der Waals surface area contributed by atoms with Crippen LogP contribution in [0, 0.1) is 11.8 Å². The highest BCUT2D eigenvalue weighted by molar-refractivity contribution is 8.00. The van der Waals surface area contributed by atoms with Gasteiger partial charge in [0.15, 0.2) is 10.8 Å². The average molecular weight is 526 g/mol. The summed E-state index contributed by atoms with van der Waals surface area (Å²) in [5.74, 6) is -2.20. The molecule has 2 amide bonds. The van der Waals surface area contributed by atoms with Crippen LogP contribution in [-0.2, 0) is 33.5 Å². The molecule has 3 N–H and O–H groups in total. The van der Waals surface area contributed by atoms with Crippen molar-refractivity contribution >= 4 is 57.7 Å². The number of anilines is 1. The van der Waals surface area contributed by atoms with Crippen LogP contribution in [0.4, 0.5) is 5.13 Å². The van der Waals surface area contributed by atoms with Crippen molar-refractivity contribution < 1.29 is 33.5 Å². The predicted octanol–water partition coefficient (Wildman–Crippen LogP) is 1.09. The summed E-state index contributed by atoms with van der Waals surface area (Å²) in [6.07, 6.45) is 2.37. The zero-order valence-corrected chi connectivity index (χ0v) is 21.3. The van der Waals surface area contributed by atoms with Gasteiger partial charge in [-0.1, -0.05) is 32.3 Å². The first-order valence-electron chi connectivity index (χ1n) is 10.8. The van der Waals surface area contributed by atoms with Gasteiger partial charge < -0.3 is 25.4 Å². The molecule has 2 aliphatic rings. The van der Waals surface area contributed by atoms with Crippen molar-refractivity contribution in [3.63, 3.8) is 0 Å². The molecule has 3 unspecified atom stereocenters. The van der Waals surface area contributed by atoms with Crippen LogP contribution in [0.25, 0.3) is 0 Å². The summed E-state index contributed by atoms with van der Waals surface area (Å²) in [5, 5.41) is 7.60. The fourth-order valence-electron chi connectivity index (χ4n) is 3.36. The number of nitrogens with one attached hydrogen (secondary N) is 1. The maximum absolute atomic E-state index is 12.8. The molecule has 35 heavy (non-hydrogen) atoms. The first-order chi connectivity index (χ1) is 16.7. The molecule has 3 heterocycles. The van der Waals surface area contributed by atoms with E-state index in [-0.39, 0.29) is 34.1 Å². The molecule has 1 fully saturated rings. The molecule has 190 valence electrons. The van der Waals surface area contributed by atoms with Crippen LogP contribution in [0.1, 0.15) is 32.9 Å². The zero-order chi connectivity index (χ0) is 25.7. The smallest absolute Gasteiger partial charge is 0.357 e. The number of carbonyl (C=O) groups excluding carboxylic acids is 4. The second kappa shape index (κ2) is 11.5. The largest absolute Gasteiger partial charge is 0.428 e. The van der Waals surface area contributed by atoms with E-state index in [0.717, 1.165) is 17.8 Å². The number of aromatic nitrogens is 1. The second-order valence-corrected chi connectivity index (χ2v) is 9.89.